The minimum atomic E-state index is -5.10. The maximum atomic E-state index is 13.5. The van der Waals surface area contributed by atoms with E-state index in [1.54, 1.807) is 13.8 Å². The van der Waals surface area contributed by atoms with Gasteiger partial charge in [-0.15, -0.1) is 0 Å². The Morgan fingerprint density at radius 1 is 0.800 bits per heavy atom. The second-order valence-electron chi connectivity index (χ2n) is 10.0. The summed E-state index contributed by atoms with van der Waals surface area (Å²) in [6.07, 6.45) is 0. The van der Waals surface area contributed by atoms with Gasteiger partial charge in [-0.25, -0.2) is 4.99 Å². The fourth-order valence-electron chi connectivity index (χ4n) is 4.89. The van der Waals surface area contributed by atoms with Crippen LogP contribution in [0.4, 0.5) is 17.1 Å². The van der Waals surface area contributed by atoms with Crippen LogP contribution >= 0.6 is 0 Å². The molecule has 2 aliphatic rings. The fourth-order valence-corrected chi connectivity index (χ4v) is 6.17. The lowest BCUT2D eigenvalue weighted by Gasteiger charge is -2.17. The van der Waals surface area contributed by atoms with Gasteiger partial charge in [-0.05, 0) is 43.7 Å². The van der Waals surface area contributed by atoms with Crippen molar-refractivity contribution in [3.8, 4) is 5.88 Å². The van der Waals surface area contributed by atoms with E-state index < -0.39 is 67.6 Å². The van der Waals surface area contributed by atoms with Crippen LogP contribution in [0.5, 0.6) is 5.88 Å². The van der Waals surface area contributed by atoms with Crippen LogP contribution in [0.15, 0.2) is 77.7 Å². The summed E-state index contributed by atoms with van der Waals surface area (Å²) < 4.78 is 69.7. The molecule has 0 unspecified atom stereocenters. The van der Waals surface area contributed by atoms with Gasteiger partial charge in [0.2, 0.25) is 0 Å². The lowest BCUT2D eigenvalue weighted by atomic mass is 10.0. The Balaban J connectivity index is 1.78. The molecule has 0 atom stereocenters. The molecule has 0 fully saturated rings. The van der Waals surface area contributed by atoms with Crippen molar-refractivity contribution in [3.63, 3.8) is 0 Å². The van der Waals surface area contributed by atoms with Crippen molar-refractivity contribution in [2.24, 2.45) is 12.0 Å². The van der Waals surface area contributed by atoms with Crippen molar-refractivity contribution in [2.45, 2.75) is 23.6 Å². The number of benzene rings is 2. The molecular weight excluding hydrogens is 630 g/mol. The van der Waals surface area contributed by atoms with Gasteiger partial charge in [-0.2, -0.15) is 16.8 Å². The second kappa shape index (κ2) is 10.7. The van der Waals surface area contributed by atoms with E-state index >= 15 is 0 Å². The highest BCUT2D eigenvalue weighted by molar-refractivity contribution is 7.86. The first-order chi connectivity index (χ1) is 20.9. The zero-order valence-electron chi connectivity index (χ0n) is 23.5. The van der Waals surface area contributed by atoms with Gasteiger partial charge in [-0.3, -0.25) is 44.3 Å². The quantitative estimate of drug-likeness (QED) is 0.110. The summed E-state index contributed by atoms with van der Waals surface area (Å²) in [5.41, 5.74) is 3.00. The highest BCUT2D eigenvalue weighted by Crippen LogP contribution is 2.28. The molecule has 0 amide bonds. The number of pyridine rings is 1. The first kappa shape index (κ1) is 31.2. The number of hydrogen-bond donors (Lipinski definition) is 6. The summed E-state index contributed by atoms with van der Waals surface area (Å²) in [5.74, 6) is -0.269. The van der Waals surface area contributed by atoms with Gasteiger partial charge >= 0.3 is 0 Å². The number of nitrogens with one attached hydrogen (secondary N) is 3. The number of aromatic hydroxyl groups is 1. The summed E-state index contributed by atoms with van der Waals surface area (Å²) in [6, 6.07) is 9.57. The molecule has 0 bridgehead atoms. The Kier molecular flexibility index (Phi) is 7.45. The second-order valence-corrected chi connectivity index (χ2v) is 12.8. The van der Waals surface area contributed by atoms with E-state index in [4.69, 9.17) is 5.41 Å². The van der Waals surface area contributed by atoms with Gasteiger partial charge in [0, 0.05) is 23.4 Å². The zero-order valence-corrected chi connectivity index (χ0v) is 25.2. The largest absolute Gasteiger partial charge is 0.494 e. The summed E-state index contributed by atoms with van der Waals surface area (Å²) in [6.45, 7) is 3.10. The SMILES string of the molecule is Cc1c(C)c(O)n(C)c(=O)c1NNc1ccc(N=c2cc(S(=O)(=O)O)c(=N)c3c(=O)c4ccccc4c(=O)c2=3)cc1S(=O)(=O)O. The molecule has 2 aliphatic carbocycles. The normalized spacial score (nSPS) is 12.6. The predicted molar refractivity (Wildman–Crippen MR) is 161 cm³/mol. The van der Waals surface area contributed by atoms with E-state index in [0.717, 1.165) is 16.7 Å². The average molecular weight is 654 g/mol. The Morgan fingerprint density at radius 2 is 1.38 bits per heavy atom. The van der Waals surface area contributed by atoms with Gasteiger partial charge in [0.25, 0.3) is 25.8 Å². The Hall–Kier alpha value is -5.23. The van der Waals surface area contributed by atoms with Crippen molar-refractivity contribution < 1.29 is 31.0 Å². The topological polar surface area (TPSA) is 245 Å². The molecule has 0 saturated carbocycles. The molecule has 0 aliphatic heterocycles. The Labute approximate surface area is 252 Å². The van der Waals surface area contributed by atoms with Crippen molar-refractivity contribution in [1.82, 2.24) is 4.57 Å². The maximum Gasteiger partial charge on any atom is 0.296 e. The monoisotopic (exact) mass is 653 g/mol. The molecule has 0 radical (unpaired) electrons. The molecule has 5 rings (SSSR count). The maximum absolute atomic E-state index is 13.5. The molecular formula is C28H23N5O10S2. The molecule has 17 heteroatoms. The zero-order chi connectivity index (χ0) is 33.2. The molecule has 45 heavy (non-hydrogen) atoms. The molecule has 1 aromatic heterocycles. The summed E-state index contributed by atoms with van der Waals surface area (Å²) in [7, 11) is -8.75. The highest BCUT2D eigenvalue weighted by atomic mass is 32.2. The van der Waals surface area contributed by atoms with Crippen LogP contribution in [0.3, 0.4) is 0 Å². The average Bonchev–Trinajstić information content (AvgIpc) is 2.97. The smallest absolute Gasteiger partial charge is 0.296 e. The third-order valence-electron chi connectivity index (χ3n) is 7.34. The van der Waals surface area contributed by atoms with Crippen molar-refractivity contribution in [3.05, 3.63) is 112 Å². The standard InChI is InChI=1S/C28H23N5O10S2/c1-12-13(2)27(36)33(3)28(37)24(12)32-31-17-9-8-14(10-19(17)44(38,39)40)30-18-11-20(45(41,42)43)23(29)22-21(18)25(34)15-6-4-5-7-16(15)26(22)35/h4-11,29,31-32,36H,1-3H3,(H,38,39,40)(H,41,42,43). The van der Waals surface area contributed by atoms with Crippen LogP contribution in [0.1, 0.15) is 11.1 Å². The van der Waals surface area contributed by atoms with E-state index in [0.29, 0.717) is 17.2 Å². The van der Waals surface area contributed by atoms with Gasteiger partial charge < -0.3 is 5.11 Å². The van der Waals surface area contributed by atoms with E-state index in [-0.39, 0.29) is 33.7 Å². The highest BCUT2D eigenvalue weighted by Gasteiger charge is 2.21. The first-order valence-corrected chi connectivity index (χ1v) is 15.6. The number of aromatic nitrogens is 1. The van der Waals surface area contributed by atoms with Crippen LogP contribution in [0.2, 0.25) is 0 Å². The predicted octanol–water partition coefficient (Wildman–Crippen LogP) is 0.826. The molecule has 232 valence electrons. The summed E-state index contributed by atoms with van der Waals surface area (Å²) >= 11 is 0. The van der Waals surface area contributed by atoms with Crippen LogP contribution in [-0.2, 0) is 27.3 Å². The van der Waals surface area contributed by atoms with Crippen molar-refractivity contribution in [2.75, 3.05) is 10.9 Å². The van der Waals surface area contributed by atoms with Crippen LogP contribution in [-0.4, -0.2) is 35.6 Å². The number of fused-ring (bicyclic) bond motifs is 1. The van der Waals surface area contributed by atoms with E-state index in [2.05, 4.69) is 15.8 Å². The number of rotatable bonds is 6. The molecule has 1 heterocycles. The number of hydrazine groups is 1. The number of nitrogens with zero attached hydrogens (tertiary/aromatic N) is 2. The van der Waals surface area contributed by atoms with Crippen LogP contribution in [0.25, 0.3) is 10.8 Å². The van der Waals surface area contributed by atoms with Crippen molar-refractivity contribution in [1.29, 1.82) is 5.41 Å². The lowest BCUT2D eigenvalue weighted by molar-refractivity contribution is 0.418. The molecule has 3 aromatic rings. The molecule has 0 spiro atoms. The minimum absolute atomic E-state index is 0.0360. The van der Waals surface area contributed by atoms with Crippen LogP contribution < -0.4 is 38.0 Å². The van der Waals surface area contributed by atoms with Gasteiger partial charge in [0.05, 0.1) is 32.5 Å². The molecule has 6 N–H and O–H groups in total. The first-order valence-electron chi connectivity index (χ1n) is 12.8. The Morgan fingerprint density at radius 3 is 1.96 bits per heavy atom. The third kappa shape index (κ3) is 5.27. The van der Waals surface area contributed by atoms with Crippen LogP contribution in [0, 0.1) is 29.7 Å². The van der Waals surface area contributed by atoms with Gasteiger partial charge in [0.1, 0.15) is 15.5 Å². The number of anilines is 2. The molecule has 0 saturated heterocycles. The Bertz CT molecular complexity index is 2680. The molecule has 2 aromatic carbocycles. The van der Waals surface area contributed by atoms with Crippen molar-refractivity contribution >= 4 is 48.1 Å². The van der Waals surface area contributed by atoms with E-state index in [1.807, 2.05) is 0 Å². The van der Waals surface area contributed by atoms with E-state index in [1.165, 1.54) is 37.4 Å². The molecule has 15 nitrogen and oxygen atoms in total. The number of hydrogen-bond acceptors (Lipinski definition) is 12. The summed E-state index contributed by atoms with van der Waals surface area (Å²) in [5, 5.41) is 15.8. The van der Waals surface area contributed by atoms with Gasteiger partial charge in [-0.1, -0.05) is 24.3 Å². The lowest BCUT2D eigenvalue weighted by Crippen LogP contribution is -2.32. The van der Waals surface area contributed by atoms with Gasteiger partial charge in [0.15, 0.2) is 16.7 Å². The summed E-state index contributed by atoms with van der Waals surface area (Å²) in [4.78, 5) is 41.9. The minimum Gasteiger partial charge on any atom is -0.494 e. The third-order valence-corrected chi connectivity index (χ3v) is 9.11. The van der Waals surface area contributed by atoms with E-state index in [9.17, 15) is 45.4 Å². The fraction of sp³-hybridized carbons (Fsp3) is 0.107.